The van der Waals surface area contributed by atoms with E-state index < -0.39 is 25.2 Å². The Labute approximate surface area is 110 Å². The highest BCUT2D eigenvalue weighted by molar-refractivity contribution is 6.00. The molecule has 1 aromatic rings. The van der Waals surface area contributed by atoms with E-state index in [-0.39, 0.29) is 0 Å². The number of Topliss-reactive ketones (excluding diaryl/α,β-unsaturated/α-hetero) is 1. The van der Waals surface area contributed by atoms with Crippen LogP contribution in [0.1, 0.15) is 32.6 Å². The van der Waals surface area contributed by atoms with E-state index in [1.165, 1.54) is 0 Å². The van der Waals surface area contributed by atoms with Crippen molar-refractivity contribution < 1.29 is 22.7 Å². The molecular weight excluding hydrogens is 257 g/mol. The Kier molecular flexibility index (Phi) is 4.74. The number of hydrogen-bond donors (Lipinski definition) is 0. The Hall–Kier alpha value is -1.36. The van der Waals surface area contributed by atoms with E-state index >= 15 is 0 Å². The molecule has 2 nitrogen and oxygen atoms in total. The summed E-state index contributed by atoms with van der Waals surface area (Å²) in [5, 5.41) is 0. The van der Waals surface area contributed by atoms with Crippen LogP contribution in [0.25, 0.3) is 0 Å². The van der Waals surface area contributed by atoms with Crippen LogP contribution in [0.3, 0.4) is 0 Å². The lowest BCUT2D eigenvalue weighted by Crippen LogP contribution is -2.21. The van der Waals surface area contributed by atoms with Crippen LogP contribution in [0.5, 0.6) is 0 Å². The van der Waals surface area contributed by atoms with Crippen molar-refractivity contribution in [3.63, 3.8) is 0 Å². The molecule has 1 aromatic carbocycles. The highest BCUT2D eigenvalue weighted by Gasteiger charge is 2.28. The van der Waals surface area contributed by atoms with Crippen molar-refractivity contribution in [2.45, 2.75) is 33.9 Å². The van der Waals surface area contributed by atoms with Gasteiger partial charge in [0.05, 0.1) is 0 Å². The topological polar surface area (TPSA) is 26.3 Å². The summed E-state index contributed by atoms with van der Waals surface area (Å²) in [5.74, 6) is -0.411. The molecule has 0 atom stereocenters. The van der Waals surface area contributed by atoms with Crippen molar-refractivity contribution in [1.82, 2.24) is 0 Å². The van der Waals surface area contributed by atoms with Crippen LogP contribution >= 0.6 is 0 Å². The number of carbonyl (C=O) groups is 1. The lowest BCUT2D eigenvalue weighted by atomic mass is 9.92. The molecule has 106 valence electrons. The van der Waals surface area contributed by atoms with Crippen molar-refractivity contribution >= 4 is 5.78 Å². The quantitative estimate of drug-likeness (QED) is 0.783. The second-order valence-electron chi connectivity index (χ2n) is 4.67. The molecule has 0 heterocycles. The molecule has 0 unspecified atom stereocenters. The smallest absolute Gasteiger partial charge is 0.364 e. The Balaban J connectivity index is 2.89. The van der Waals surface area contributed by atoms with Gasteiger partial charge < -0.3 is 4.74 Å². The molecule has 5 heteroatoms. The molecule has 0 radical (unpaired) electrons. The molecule has 0 saturated carbocycles. The van der Waals surface area contributed by atoms with E-state index in [9.17, 15) is 18.0 Å². The van der Waals surface area contributed by atoms with Crippen LogP contribution in [0.4, 0.5) is 13.2 Å². The highest BCUT2D eigenvalue weighted by atomic mass is 19.4. The van der Waals surface area contributed by atoms with Gasteiger partial charge in [-0.2, -0.15) is 13.2 Å². The van der Waals surface area contributed by atoms with E-state index in [0.29, 0.717) is 5.56 Å². The summed E-state index contributed by atoms with van der Waals surface area (Å²) in [5.41, 5.74) is 3.96. The second kappa shape index (κ2) is 5.74. The third-order valence-electron chi connectivity index (χ3n) is 3.14. The largest absolute Gasteiger partial charge is 0.411 e. The average molecular weight is 274 g/mol. The molecule has 0 fully saturated rings. The number of aryl methyl sites for hydroxylation is 2. The molecule has 1 rings (SSSR count). The van der Waals surface area contributed by atoms with Gasteiger partial charge in [0.25, 0.3) is 0 Å². The van der Waals surface area contributed by atoms with E-state index in [1.54, 1.807) is 13.8 Å². The first-order valence-electron chi connectivity index (χ1n) is 5.88. The maximum absolute atomic E-state index is 12.0. The first-order valence-corrected chi connectivity index (χ1v) is 5.88. The third-order valence-corrected chi connectivity index (χ3v) is 3.14. The van der Waals surface area contributed by atoms with Crippen LogP contribution in [0.2, 0.25) is 0 Å². The zero-order valence-corrected chi connectivity index (χ0v) is 11.4. The summed E-state index contributed by atoms with van der Waals surface area (Å²) in [7, 11) is 0. The minimum atomic E-state index is -4.41. The van der Waals surface area contributed by atoms with Gasteiger partial charge >= 0.3 is 6.18 Å². The Bertz CT molecular complexity index is 464. The van der Waals surface area contributed by atoms with E-state index in [1.807, 2.05) is 19.9 Å². The van der Waals surface area contributed by atoms with Gasteiger partial charge in [-0.25, -0.2) is 0 Å². The summed E-state index contributed by atoms with van der Waals surface area (Å²) < 4.78 is 40.3. The van der Waals surface area contributed by atoms with Gasteiger partial charge in [-0.1, -0.05) is 6.07 Å². The maximum atomic E-state index is 12.0. The normalized spacial score (nSPS) is 11.7. The maximum Gasteiger partial charge on any atom is 0.411 e. The van der Waals surface area contributed by atoms with Crippen LogP contribution in [0.15, 0.2) is 6.07 Å². The monoisotopic (exact) mass is 274 g/mol. The number of ketones is 1. The fourth-order valence-corrected chi connectivity index (χ4v) is 1.97. The number of hydrogen-bond acceptors (Lipinski definition) is 2. The number of benzene rings is 1. The number of rotatable bonds is 4. The fraction of sp³-hybridized carbons (Fsp3) is 0.500. The van der Waals surface area contributed by atoms with E-state index in [0.717, 1.165) is 22.3 Å². The summed E-state index contributed by atoms with van der Waals surface area (Å²) in [4.78, 5) is 12.0. The van der Waals surface area contributed by atoms with Gasteiger partial charge in [0.2, 0.25) is 0 Å². The van der Waals surface area contributed by atoms with Crippen LogP contribution < -0.4 is 0 Å². The first-order chi connectivity index (χ1) is 8.63. The minimum absolute atomic E-state index is 0.411. The Morgan fingerprint density at radius 3 is 2.00 bits per heavy atom. The number of halogens is 3. The fourth-order valence-electron chi connectivity index (χ4n) is 1.97. The van der Waals surface area contributed by atoms with Gasteiger partial charge in [0.15, 0.2) is 5.78 Å². The highest BCUT2D eigenvalue weighted by Crippen LogP contribution is 2.22. The SMILES string of the molecule is Cc1cc(C)c(C)c(C(=O)COCC(F)(F)F)c1C. The third kappa shape index (κ3) is 4.06. The lowest BCUT2D eigenvalue weighted by Gasteiger charge is -2.14. The van der Waals surface area contributed by atoms with E-state index in [2.05, 4.69) is 4.74 Å². The van der Waals surface area contributed by atoms with Crippen LogP contribution in [0, 0.1) is 27.7 Å². The molecule has 0 bridgehead atoms. The second-order valence-corrected chi connectivity index (χ2v) is 4.67. The molecule has 0 aliphatic carbocycles. The average Bonchev–Trinajstić information content (AvgIpc) is 2.25. The van der Waals surface area contributed by atoms with Crippen molar-refractivity contribution in [2.24, 2.45) is 0 Å². The summed E-state index contributed by atoms with van der Waals surface area (Å²) in [6, 6.07) is 1.96. The van der Waals surface area contributed by atoms with Crippen molar-refractivity contribution in [3.8, 4) is 0 Å². The van der Waals surface area contributed by atoms with Gasteiger partial charge in [0.1, 0.15) is 13.2 Å². The number of carbonyl (C=O) groups excluding carboxylic acids is 1. The molecular formula is C14H17F3O2. The number of ether oxygens (including phenoxy) is 1. The molecule has 0 saturated heterocycles. The van der Waals surface area contributed by atoms with Crippen LogP contribution in [-0.4, -0.2) is 25.2 Å². The predicted molar refractivity (Wildman–Crippen MR) is 66.6 cm³/mol. The summed E-state index contributed by atoms with van der Waals surface area (Å²) in [6.45, 7) is 5.37. The van der Waals surface area contributed by atoms with Crippen molar-refractivity contribution in [2.75, 3.05) is 13.2 Å². The molecule has 0 aromatic heterocycles. The van der Waals surface area contributed by atoms with Gasteiger partial charge in [-0.05, 0) is 49.9 Å². The van der Waals surface area contributed by atoms with E-state index in [4.69, 9.17) is 0 Å². The van der Waals surface area contributed by atoms with Crippen molar-refractivity contribution in [3.05, 3.63) is 33.9 Å². The molecule has 0 aliphatic rings. The van der Waals surface area contributed by atoms with Gasteiger partial charge in [-0.15, -0.1) is 0 Å². The molecule has 0 amide bonds. The minimum Gasteiger partial charge on any atom is -0.364 e. The standard InChI is InChI=1S/C14H17F3O2/c1-8-5-9(2)11(4)13(10(8)3)12(18)6-19-7-14(15,16)17/h5H,6-7H2,1-4H3. The van der Waals surface area contributed by atoms with Gasteiger partial charge in [-0.3, -0.25) is 4.79 Å². The van der Waals surface area contributed by atoms with Gasteiger partial charge in [0, 0.05) is 5.56 Å². The molecule has 0 N–H and O–H groups in total. The summed E-state index contributed by atoms with van der Waals surface area (Å²) in [6.07, 6.45) is -4.41. The molecule has 0 aliphatic heterocycles. The molecule has 0 spiro atoms. The zero-order chi connectivity index (χ0) is 14.8. The lowest BCUT2D eigenvalue weighted by molar-refractivity contribution is -0.170. The Morgan fingerprint density at radius 2 is 1.58 bits per heavy atom. The number of alkyl halides is 3. The van der Waals surface area contributed by atoms with Crippen LogP contribution in [-0.2, 0) is 4.74 Å². The predicted octanol–water partition coefficient (Wildman–Crippen LogP) is 3.68. The first kappa shape index (κ1) is 15.7. The summed E-state index contributed by atoms with van der Waals surface area (Å²) >= 11 is 0. The zero-order valence-electron chi connectivity index (χ0n) is 11.4. The van der Waals surface area contributed by atoms with Crippen molar-refractivity contribution in [1.29, 1.82) is 0 Å². The molecule has 19 heavy (non-hydrogen) atoms. The Morgan fingerprint density at radius 1 is 1.11 bits per heavy atom.